The van der Waals surface area contributed by atoms with Gasteiger partial charge in [0.15, 0.2) is 0 Å². The lowest BCUT2D eigenvalue weighted by Gasteiger charge is -2.27. The molecule has 14 aromatic rings. The van der Waals surface area contributed by atoms with Crippen LogP contribution in [-0.4, -0.2) is 23.7 Å². The largest absolute Gasteiger partial charge is 0.308 e. The normalized spacial score (nSPS) is 11.6. The van der Waals surface area contributed by atoms with Crippen LogP contribution >= 0.6 is 0 Å². The summed E-state index contributed by atoms with van der Waals surface area (Å²) in [5.74, 6) is 0. The molecule has 9 aromatic carbocycles. The maximum absolute atomic E-state index is 11.7. The van der Waals surface area contributed by atoms with Crippen molar-refractivity contribution in [3.8, 4) is 67.6 Å². The summed E-state index contributed by atoms with van der Waals surface area (Å²) >= 11 is 0. The molecule has 0 aliphatic heterocycles. The topological polar surface area (TPSA) is 64.4 Å². The van der Waals surface area contributed by atoms with Crippen LogP contribution in [0.3, 0.4) is 0 Å². The van der Waals surface area contributed by atoms with Crippen LogP contribution in [0.1, 0.15) is 5.56 Å². The van der Waals surface area contributed by atoms with Gasteiger partial charge in [-0.2, -0.15) is 5.26 Å². The van der Waals surface area contributed by atoms with Gasteiger partial charge in [0.1, 0.15) is 6.07 Å². The molecule has 0 aliphatic carbocycles. The number of para-hydroxylation sites is 2. The van der Waals surface area contributed by atoms with Gasteiger partial charge in [-0.3, -0.25) is 9.97 Å². The molecule has 0 bridgehead atoms. The van der Waals surface area contributed by atoms with Crippen LogP contribution in [0.4, 0.5) is 0 Å². The fraction of sp³-hybridized carbons (Fsp3) is 0. The highest BCUT2D eigenvalue weighted by atomic mass is 15.0. The molecule has 6 heteroatoms. The number of pyridine rings is 2. The molecule has 0 unspecified atom stereocenters. The van der Waals surface area contributed by atoms with Gasteiger partial charge in [0.25, 0.3) is 0 Å². The van der Waals surface area contributed by atoms with Crippen molar-refractivity contribution in [2.45, 2.75) is 0 Å². The summed E-state index contributed by atoms with van der Waals surface area (Å²) in [4.78, 5) is 9.81. The molecule has 330 valence electrons. The van der Waals surface area contributed by atoms with E-state index in [1.165, 1.54) is 0 Å². The Morgan fingerprint density at radius 3 is 1.07 bits per heavy atom. The summed E-state index contributed by atoms with van der Waals surface area (Å²) in [6.45, 7) is 0. The van der Waals surface area contributed by atoms with E-state index < -0.39 is 0 Å². The van der Waals surface area contributed by atoms with E-state index in [-0.39, 0.29) is 0 Å². The van der Waals surface area contributed by atoms with Gasteiger partial charge in [0.2, 0.25) is 0 Å². The molecular weight excluding hydrogens is 865 g/mol. The van der Waals surface area contributed by atoms with Crippen LogP contribution in [0.15, 0.2) is 243 Å². The summed E-state index contributed by atoms with van der Waals surface area (Å²) in [5.41, 5.74) is 19.6. The molecule has 0 fully saturated rings. The van der Waals surface area contributed by atoms with Gasteiger partial charge in [0.05, 0.1) is 55.4 Å². The monoisotopic (exact) mass is 904 g/mol. The summed E-state index contributed by atoms with van der Waals surface area (Å²) in [6, 6.07) is 84.1. The number of nitrogens with zero attached hydrogens (tertiary/aromatic N) is 6. The maximum atomic E-state index is 11.7. The Labute approximate surface area is 408 Å². The van der Waals surface area contributed by atoms with Gasteiger partial charge < -0.3 is 13.7 Å². The lowest BCUT2D eigenvalue weighted by atomic mass is 9.79. The number of benzene rings is 9. The molecule has 0 spiro atoms. The molecule has 6 nitrogen and oxygen atoms in total. The zero-order valence-corrected chi connectivity index (χ0v) is 38.3. The summed E-state index contributed by atoms with van der Waals surface area (Å²) in [7, 11) is 0. The number of hydrogen-bond acceptors (Lipinski definition) is 3. The summed E-state index contributed by atoms with van der Waals surface area (Å²) in [5, 5.41) is 16.1. The highest BCUT2D eigenvalue weighted by molar-refractivity contribution is 6.16. The van der Waals surface area contributed by atoms with Gasteiger partial charge in [-0.05, 0) is 95.1 Å². The molecule has 5 heterocycles. The molecule has 0 atom stereocenters. The first-order chi connectivity index (χ1) is 35.2. The van der Waals surface area contributed by atoms with Crippen molar-refractivity contribution in [3.63, 3.8) is 0 Å². The Bertz CT molecular complexity index is 4060. The highest BCUT2D eigenvalue weighted by Gasteiger charge is 2.31. The van der Waals surface area contributed by atoms with Crippen molar-refractivity contribution < 1.29 is 0 Å². The first-order valence-electron chi connectivity index (χ1n) is 23.9. The van der Waals surface area contributed by atoms with Crippen LogP contribution in [0.5, 0.6) is 0 Å². The van der Waals surface area contributed by atoms with E-state index in [9.17, 15) is 5.26 Å². The van der Waals surface area contributed by atoms with Crippen molar-refractivity contribution in [1.82, 2.24) is 23.7 Å². The Kier molecular flexibility index (Phi) is 9.16. The minimum absolute atomic E-state index is 0.620. The predicted octanol–water partition coefficient (Wildman–Crippen LogP) is 16.3. The molecule has 5 aromatic heterocycles. The van der Waals surface area contributed by atoms with Crippen molar-refractivity contribution in [2.75, 3.05) is 0 Å². The van der Waals surface area contributed by atoms with Crippen LogP contribution in [-0.2, 0) is 0 Å². The van der Waals surface area contributed by atoms with Gasteiger partial charge in [-0.25, -0.2) is 0 Å². The van der Waals surface area contributed by atoms with E-state index in [4.69, 9.17) is 9.97 Å². The predicted molar refractivity (Wildman–Crippen MR) is 292 cm³/mol. The minimum atomic E-state index is 0.620. The third-order valence-corrected chi connectivity index (χ3v) is 14.2. The van der Waals surface area contributed by atoms with Gasteiger partial charge in [-0.15, -0.1) is 0 Å². The molecule has 0 amide bonds. The first-order valence-corrected chi connectivity index (χ1v) is 23.9. The van der Waals surface area contributed by atoms with Gasteiger partial charge >= 0.3 is 0 Å². The Morgan fingerprint density at radius 2 is 0.662 bits per heavy atom. The van der Waals surface area contributed by atoms with E-state index in [1.807, 2.05) is 36.7 Å². The van der Waals surface area contributed by atoms with Gasteiger partial charge in [0, 0.05) is 67.6 Å². The second kappa shape index (κ2) is 16.2. The van der Waals surface area contributed by atoms with Crippen molar-refractivity contribution in [1.29, 1.82) is 5.26 Å². The zero-order valence-electron chi connectivity index (χ0n) is 38.3. The highest BCUT2D eigenvalue weighted by Crippen LogP contribution is 2.52. The Hall–Kier alpha value is -9.83. The summed E-state index contributed by atoms with van der Waals surface area (Å²) in [6.07, 6.45) is 3.75. The fourth-order valence-electron chi connectivity index (χ4n) is 11.3. The quantitative estimate of drug-likeness (QED) is 0.160. The van der Waals surface area contributed by atoms with Crippen LogP contribution in [0.25, 0.3) is 127 Å². The van der Waals surface area contributed by atoms with Crippen LogP contribution < -0.4 is 0 Å². The standard InChI is InChI=1S/C65H40N6/c66-41-52-59(42-19-5-1-6-20-42)61(44-23-9-3-10-24-44)65(62(45-25-11-4-12-26-45)60(52)43-21-7-2-8-22-43)71-55-35-33-46(69-53-29-15-13-27-48(53)63-57(69)31-17-37-67-63)39-50(55)51-40-47(34-36-56(51)71)70-54-30-16-14-28-49(54)64-58(70)32-18-38-68-64/h1-40H. The summed E-state index contributed by atoms with van der Waals surface area (Å²) < 4.78 is 7.16. The average Bonchev–Trinajstić information content (AvgIpc) is 4.08. The van der Waals surface area contributed by atoms with Crippen LogP contribution in [0, 0.1) is 11.3 Å². The molecule has 0 saturated heterocycles. The molecule has 14 rings (SSSR count). The second-order valence-electron chi connectivity index (χ2n) is 18.0. The number of fused-ring (bicyclic) bond motifs is 9. The maximum Gasteiger partial charge on any atom is 0.100 e. The number of nitriles is 1. The molecule has 71 heavy (non-hydrogen) atoms. The fourth-order valence-corrected chi connectivity index (χ4v) is 11.3. The smallest absolute Gasteiger partial charge is 0.100 e. The molecule has 0 radical (unpaired) electrons. The first kappa shape index (κ1) is 40.3. The average molecular weight is 905 g/mol. The lowest BCUT2D eigenvalue weighted by Crippen LogP contribution is -2.07. The van der Waals surface area contributed by atoms with Crippen molar-refractivity contribution >= 4 is 65.7 Å². The van der Waals surface area contributed by atoms with E-state index in [1.54, 1.807) is 0 Å². The Balaban J connectivity index is 1.20. The lowest BCUT2D eigenvalue weighted by molar-refractivity contribution is 1.16. The van der Waals surface area contributed by atoms with Crippen molar-refractivity contribution in [3.05, 3.63) is 248 Å². The third kappa shape index (κ3) is 6.14. The number of rotatable bonds is 7. The van der Waals surface area contributed by atoms with Crippen molar-refractivity contribution in [2.24, 2.45) is 0 Å². The zero-order chi connectivity index (χ0) is 47.0. The molecule has 0 N–H and O–H groups in total. The number of aromatic nitrogens is 5. The second-order valence-corrected chi connectivity index (χ2v) is 18.0. The molecular formula is C65H40N6. The van der Waals surface area contributed by atoms with E-state index in [2.05, 4.69) is 226 Å². The van der Waals surface area contributed by atoms with E-state index in [0.29, 0.717) is 5.56 Å². The van der Waals surface area contributed by atoms with E-state index >= 15 is 0 Å². The van der Waals surface area contributed by atoms with Crippen LogP contribution in [0.2, 0.25) is 0 Å². The molecule has 0 aliphatic rings. The third-order valence-electron chi connectivity index (χ3n) is 14.2. The number of hydrogen-bond donors (Lipinski definition) is 0. The minimum Gasteiger partial charge on any atom is -0.308 e. The SMILES string of the molecule is N#Cc1c(-c2ccccc2)c(-c2ccccc2)c(-n2c3ccc(-n4c5ccccc5c5ncccc54)cc3c3cc(-n4c5ccccc5c5ncccc54)ccc32)c(-c2ccccc2)c1-c1ccccc1. The molecule has 0 saturated carbocycles. The van der Waals surface area contributed by atoms with E-state index in [0.717, 1.165) is 127 Å². The Morgan fingerprint density at radius 1 is 0.310 bits per heavy atom. The van der Waals surface area contributed by atoms with Gasteiger partial charge in [-0.1, -0.05) is 158 Å².